The highest BCUT2D eigenvalue weighted by atomic mass is 35.5. The molecule has 3 atom stereocenters. The fourth-order valence-corrected chi connectivity index (χ4v) is 3.20. The van der Waals surface area contributed by atoms with Gasteiger partial charge in [-0.3, -0.25) is 9.59 Å². The predicted molar refractivity (Wildman–Crippen MR) is 101 cm³/mol. The summed E-state index contributed by atoms with van der Waals surface area (Å²) >= 11 is 0. The maximum Gasteiger partial charge on any atom is 0.287 e. The van der Waals surface area contributed by atoms with Crippen LogP contribution < -0.4 is 16.0 Å². The fourth-order valence-electron chi connectivity index (χ4n) is 3.20. The fraction of sp³-hybridized carbons (Fsp3) is 0.368. The van der Waals surface area contributed by atoms with Crippen molar-refractivity contribution in [2.24, 2.45) is 0 Å². The Morgan fingerprint density at radius 1 is 1.25 bits per heavy atom. The van der Waals surface area contributed by atoms with Gasteiger partial charge >= 0.3 is 0 Å². The second kappa shape index (κ2) is 9.66. The molecular formula is C19H22ClF2N3O3. The number of furan rings is 1. The van der Waals surface area contributed by atoms with Crippen molar-refractivity contribution in [3.8, 4) is 0 Å². The average molecular weight is 414 g/mol. The number of carbonyl (C=O) groups excluding carboxylic acids is 2. The van der Waals surface area contributed by atoms with Crippen molar-refractivity contribution in [2.45, 2.75) is 31.3 Å². The first kappa shape index (κ1) is 21.8. The summed E-state index contributed by atoms with van der Waals surface area (Å²) in [7, 11) is 0. The van der Waals surface area contributed by atoms with Crippen molar-refractivity contribution in [3.63, 3.8) is 0 Å². The molecule has 6 nitrogen and oxygen atoms in total. The average Bonchev–Trinajstić information content (AvgIpc) is 3.19. The Kier molecular flexibility index (Phi) is 7.53. The topological polar surface area (TPSA) is 83.4 Å². The van der Waals surface area contributed by atoms with E-state index >= 15 is 0 Å². The largest absolute Gasteiger partial charge is 0.459 e. The van der Waals surface area contributed by atoms with Gasteiger partial charge in [0, 0.05) is 18.5 Å². The highest BCUT2D eigenvalue weighted by Gasteiger charge is 2.30. The summed E-state index contributed by atoms with van der Waals surface area (Å²) in [6, 6.07) is 5.80. The lowest BCUT2D eigenvalue weighted by molar-refractivity contribution is -0.123. The molecule has 2 aromatic rings. The molecule has 3 N–H and O–H groups in total. The van der Waals surface area contributed by atoms with Crippen molar-refractivity contribution < 1.29 is 22.8 Å². The van der Waals surface area contributed by atoms with Gasteiger partial charge in [-0.1, -0.05) is 6.07 Å². The van der Waals surface area contributed by atoms with Gasteiger partial charge in [-0.15, -0.1) is 12.4 Å². The summed E-state index contributed by atoms with van der Waals surface area (Å²) in [6.45, 7) is 2.77. The van der Waals surface area contributed by atoms with Crippen LogP contribution in [0.2, 0.25) is 0 Å². The summed E-state index contributed by atoms with van der Waals surface area (Å²) in [5, 5.41) is 8.64. The van der Waals surface area contributed by atoms with Crippen LogP contribution in [-0.2, 0) is 4.79 Å². The molecule has 1 aromatic carbocycles. The van der Waals surface area contributed by atoms with E-state index in [2.05, 4.69) is 16.0 Å². The molecule has 0 aliphatic carbocycles. The van der Waals surface area contributed by atoms with Crippen molar-refractivity contribution >= 4 is 24.2 Å². The third kappa shape index (κ3) is 5.08. The first-order valence-corrected chi connectivity index (χ1v) is 8.76. The van der Waals surface area contributed by atoms with Crippen LogP contribution in [0.25, 0.3) is 0 Å². The summed E-state index contributed by atoms with van der Waals surface area (Å²) in [6.07, 6.45) is 2.04. The Balaban J connectivity index is 0.00000280. The summed E-state index contributed by atoms with van der Waals surface area (Å²) in [5.74, 6) is -2.69. The second-order valence-corrected chi connectivity index (χ2v) is 6.56. The van der Waals surface area contributed by atoms with E-state index in [-0.39, 0.29) is 36.0 Å². The van der Waals surface area contributed by atoms with Crippen LogP contribution in [0.1, 0.15) is 35.4 Å². The monoisotopic (exact) mass is 413 g/mol. The second-order valence-electron chi connectivity index (χ2n) is 6.56. The number of nitrogens with one attached hydrogen (secondary N) is 3. The molecule has 1 aliphatic heterocycles. The number of halogens is 3. The molecule has 1 fully saturated rings. The van der Waals surface area contributed by atoms with E-state index in [0.29, 0.717) is 25.1 Å². The maximum absolute atomic E-state index is 13.6. The highest BCUT2D eigenvalue weighted by Crippen LogP contribution is 2.27. The molecule has 2 amide bonds. The molecule has 1 saturated heterocycles. The van der Waals surface area contributed by atoms with E-state index in [1.165, 1.54) is 24.5 Å². The number of rotatable bonds is 5. The standard InChI is InChI=1S/C19H21F2N3O3.ClH/c1-11(23-19(26)17-3-2-8-27-17)18(25)24-16-10-22-7-6-13(16)12-4-5-14(20)15(21)9-12;/h2-5,8-9,11,13,16,22H,6-7,10H2,1H3,(H,23,26)(H,24,25);1H. The number of hydrogen-bond donors (Lipinski definition) is 3. The molecule has 3 rings (SSSR count). The van der Waals surface area contributed by atoms with E-state index < -0.39 is 23.6 Å². The van der Waals surface area contributed by atoms with Crippen LogP contribution in [0.3, 0.4) is 0 Å². The van der Waals surface area contributed by atoms with Gasteiger partial charge in [-0.05, 0) is 49.7 Å². The van der Waals surface area contributed by atoms with Crippen molar-refractivity contribution in [1.29, 1.82) is 0 Å². The molecule has 0 bridgehead atoms. The van der Waals surface area contributed by atoms with Gasteiger partial charge in [0.1, 0.15) is 6.04 Å². The lowest BCUT2D eigenvalue weighted by Gasteiger charge is -2.34. The van der Waals surface area contributed by atoms with E-state index in [1.54, 1.807) is 13.0 Å². The number of carbonyl (C=O) groups is 2. The van der Waals surface area contributed by atoms with Crippen LogP contribution in [0.4, 0.5) is 8.78 Å². The molecular weight excluding hydrogens is 392 g/mol. The van der Waals surface area contributed by atoms with Gasteiger partial charge < -0.3 is 20.4 Å². The van der Waals surface area contributed by atoms with E-state index in [0.717, 1.165) is 6.07 Å². The number of amides is 2. The number of benzene rings is 1. The molecule has 1 aliphatic rings. The first-order valence-electron chi connectivity index (χ1n) is 8.76. The van der Waals surface area contributed by atoms with Crippen LogP contribution >= 0.6 is 12.4 Å². The normalized spacial score (nSPS) is 20.0. The molecule has 9 heteroatoms. The zero-order valence-corrected chi connectivity index (χ0v) is 16.0. The number of hydrogen-bond acceptors (Lipinski definition) is 4. The van der Waals surface area contributed by atoms with Crippen molar-refractivity contribution in [3.05, 3.63) is 59.6 Å². The highest BCUT2D eigenvalue weighted by molar-refractivity contribution is 5.95. The minimum Gasteiger partial charge on any atom is -0.459 e. The van der Waals surface area contributed by atoms with Gasteiger partial charge in [0.25, 0.3) is 5.91 Å². The van der Waals surface area contributed by atoms with Crippen LogP contribution in [0, 0.1) is 11.6 Å². The molecule has 152 valence electrons. The molecule has 0 saturated carbocycles. The van der Waals surface area contributed by atoms with Gasteiger partial charge in [-0.2, -0.15) is 0 Å². The molecule has 1 aromatic heterocycles. The zero-order valence-electron chi connectivity index (χ0n) is 15.2. The maximum atomic E-state index is 13.6. The lowest BCUT2D eigenvalue weighted by atomic mass is 9.86. The van der Waals surface area contributed by atoms with Crippen molar-refractivity contribution in [2.75, 3.05) is 13.1 Å². The summed E-state index contributed by atoms with van der Waals surface area (Å²) < 4.78 is 31.8. The molecule has 0 spiro atoms. The Morgan fingerprint density at radius 3 is 2.71 bits per heavy atom. The van der Waals surface area contributed by atoms with E-state index in [1.807, 2.05) is 0 Å². The van der Waals surface area contributed by atoms with Gasteiger partial charge in [-0.25, -0.2) is 8.78 Å². The Labute approximate surface area is 167 Å². The van der Waals surface area contributed by atoms with Gasteiger partial charge in [0.2, 0.25) is 5.91 Å². The zero-order chi connectivity index (χ0) is 19.4. The van der Waals surface area contributed by atoms with Gasteiger partial charge in [0.15, 0.2) is 17.4 Å². The number of piperidine rings is 1. The molecule has 3 unspecified atom stereocenters. The van der Waals surface area contributed by atoms with Crippen LogP contribution in [0.5, 0.6) is 0 Å². The SMILES string of the molecule is CC(NC(=O)c1ccco1)C(=O)NC1CNCCC1c1ccc(F)c(F)c1.Cl. The molecule has 28 heavy (non-hydrogen) atoms. The first-order chi connectivity index (χ1) is 13.0. The quantitative estimate of drug-likeness (QED) is 0.702. The van der Waals surface area contributed by atoms with Crippen LogP contribution in [-0.4, -0.2) is 37.0 Å². The van der Waals surface area contributed by atoms with Crippen LogP contribution in [0.15, 0.2) is 41.0 Å². The third-order valence-electron chi connectivity index (χ3n) is 4.67. The minimum atomic E-state index is -0.907. The molecule has 2 heterocycles. The summed E-state index contributed by atoms with van der Waals surface area (Å²) in [4.78, 5) is 24.5. The third-order valence-corrected chi connectivity index (χ3v) is 4.67. The Hall–Kier alpha value is -2.45. The predicted octanol–water partition coefficient (Wildman–Crippen LogP) is 2.36. The summed E-state index contributed by atoms with van der Waals surface area (Å²) in [5.41, 5.74) is 0.632. The Morgan fingerprint density at radius 2 is 2.04 bits per heavy atom. The molecule has 0 radical (unpaired) electrons. The Bertz CT molecular complexity index is 817. The van der Waals surface area contributed by atoms with Gasteiger partial charge in [0.05, 0.1) is 6.26 Å². The van der Waals surface area contributed by atoms with E-state index in [9.17, 15) is 18.4 Å². The smallest absolute Gasteiger partial charge is 0.287 e. The van der Waals surface area contributed by atoms with Crippen molar-refractivity contribution in [1.82, 2.24) is 16.0 Å². The minimum absolute atomic E-state index is 0. The van der Waals surface area contributed by atoms with E-state index in [4.69, 9.17) is 4.42 Å². The lowest BCUT2D eigenvalue weighted by Crippen LogP contribution is -2.54.